The van der Waals surface area contributed by atoms with Crippen LogP contribution < -0.4 is 9.47 Å². The molecule has 2 aromatic rings. The maximum Gasteiger partial charge on any atom is 0.209 e. The van der Waals surface area contributed by atoms with Crippen LogP contribution in [0.25, 0.3) is 11.3 Å². The summed E-state index contributed by atoms with van der Waals surface area (Å²) in [6, 6.07) is 5.59. The number of hydrogen-bond donors (Lipinski definition) is 0. The van der Waals surface area contributed by atoms with Gasteiger partial charge in [-0.05, 0) is 18.4 Å². The van der Waals surface area contributed by atoms with E-state index < -0.39 is 0 Å². The van der Waals surface area contributed by atoms with Gasteiger partial charge in [-0.3, -0.25) is 0 Å². The van der Waals surface area contributed by atoms with Crippen molar-refractivity contribution in [1.82, 2.24) is 15.2 Å². The number of nitrogens with zero attached hydrogens (tertiary/aromatic N) is 3. The molecular formula is C12H13N3O2S. The van der Waals surface area contributed by atoms with Crippen LogP contribution in [0, 0.1) is 0 Å². The van der Waals surface area contributed by atoms with E-state index in [1.54, 1.807) is 20.4 Å². The number of aromatic nitrogens is 3. The van der Waals surface area contributed by atoms with Gasteiger partial charge in [-0.15, -0.1) is 5.10 Å². The molecule has 0 radical (unpaired) electrons. The van der Waals surface area contributed by atoms with Gasteiger partial charge in [0.25, 0.3) is 0 Å². The highest BCUT2D eigenvalue weighted by atomic mass is 32.2. The fraction of sp³-hybridized carbons (Fsp3) is 0.250. The molecule has 0 aliphatic carbocycles. The van der Waals surface area contributed by atoms with E-state index in [0.29, 0.717) is 22.3 Å². The third-order valence-corrected chi connectivity index (χ3v) is 2.94. The highest BCUT2D eigenvalue weighted by Crippen LogP contribution is 2.36. The summed E-state index contributed by atoms with van der Waals surface area (Å²) in [4.78, 5) is 4.41. The Kier molecular flexibility index (Phi) is 3.99. The zero-order valence-electron chi connectivity index (χ0n) is 10.4. The molecule has 0 unspecified atom stereocenters. The predicted octanol–water partition coefficient (Wildman–Crippen LogP) is 2.28. The lowest BCUT2D eigenvalue weighted by atomic mass is 10.1. The third-order valence-electron chi connectivity index (χ3n) is 2.41. The number of hydrogen-bond acceptors (Lipinski definition) is 6. The maximum absolute atomic E-state index is 5.34. The fourth-order valence-corrected chi connectivity index (χ4v) is 1.92. The Morgan fingerprint density at radius 2 is 1.78 bits per heavy atom. The first-order valence-corrected chi connectivity index (χ1v) is 6.47. The largest absolute Gasteiger partial charge is 0.496 e. The molecule has 0 aliphatic heterocycles. The van der Waals surface area contributed by atoms with Crippen molar-refractivity contribution in [2.24, 2.45) is 0 Å². The average Bonchev–Trinajstić information content (AvgIpc) is 2.46. The highest BCUT2D eigenvalue weighted by molar-refractivity contribution is 7.98. The Morgan fingerprint density at radius 1 is 1.11 bits per heavy atom. The van der Waals surface area contributed by atoms with Crippen molar-refractivity contribution < 1.29 is 9.47 Å². The lowest BCUT2D eigenvalue weighted by Gasteiger charge is -2.12. The van der Waals surface area contributed by atoms with Crippen molar-refractivity contribution >= 4 is 11.8 Å². The van der Waals surface area contributed by atoms with Crippen LogP contribution in [0.5, 0.6) is 11.5 Å². The molecule has 0 atom stereocenters. The lowest BCUT2D eigenvalue weighted by Crippen LogP contribution is -1.97. The minimum Gasteiger partial charge on any atom is -0.496 e. The van der Waals surface area contributed by atoms with Crippen LogP contribution in [0.1, 0.15) is 0 Å². The molecule has 18 heavy (non-hydrogen) atoms. The van der Waals surface area contributed by atoms with Crippen LogP contribution in [0.15, 0.2) is 29.6 Å². The molecule has 1 aromatic heterocycles. The van der Waals surface area contributed by atoms with Crippen LogP contribution in [0.2, 0.25) is 0 Å². The molecule has 0 N–H and O–H groups in total. The van der Waals surface area contributed by atoms with Gasteiger partial charge in [-0.1, -0.05) is 17.8 Å². The summed E-state index contributed by atoms with van der Waals surface area (Å²) in [7, 11) is 3.23. The van der Waals surface area contributed by atoms with Crippen LogP contribution in [-0.2, 0) is 0 Å². The van der Waals surface area contributed by atoms with Crippen LogP contribution >= 0.6 is 11.8 Å². The molecule has 94 valence electrons. The molecular weight excluding hydrogens is 250 g/mol. The second kappa shape index (κ2) is 5.68. The van der Waals surface area contributed by atoms with Crippen LogP contribution in [0.4, 0.5) is 0 Å². The van der Waals surface area contributed by atoms with E-state index >= 15 is 0 Å². The van der Waals surface area contributed by atoms with Gasteiger partial charge in [0.2, 0.25) is 5.16 Å². The van der Waals surface area contributed by atoms with Crippen LogP contribution in [-0.4, -0.2) is 35.7 Å². The van der Waals surface area contributed by atoms with Crippen molar-refractivity contribution in [2.45, 2.75) is 5.16 Å². The first kappa shape index (κ1) is 12.6. The van der Waals surface area contributed by atoms with Crippen molar-refractivity contribution in [3.63, 3.8) is 0 Å². The van der Waals surface area contributed by atoms with Crippen molar-refractivity contribution in [2.75, 3.05) is 20.5 Å². The average molecular weight is 263 g/mol. The van der Waals surface area contributed by atoms with Gasteiger partial charge in [0.05, 0.1) is 26.0 Å². The summed E-state index contributed by atoms with van der Waals surface area (Å²) in [5, 5.41) is 8.46. The van der Waals surface area contributed by atoms with Crippen molar-refractivity contribution in [3.8, 4) is 22.8 Å². The first-order chi connectivity index (χ1) is 8.80. The van der Waals surface area contributed by atoms with Gasteiger partial charge in [0, 0.05) is 0 Å². The van der Waals surface area contributed by atoms with Gasteiger partial charge < -0.3 is 9.47 Å². The molecule has 0 spiro atoms. The lowest BCUT2D eigenvalue weighted by molar-refractivity contribution is 0.397. The van der Waals surface area contributed by atoms with Gasteiger partial charge in [0.1, 0.15) is 17.2 Å². The number of ether oxygens (including phenoxy) is 2. The standard InChI is InChI=1S/C12H13N3O2S/c1-16-9-5-4-6-10(17-2)11(9)8-7-13-15-12(14-8)18-3/h4-7H,1-3H3. The number of methoxy groups -OCH3 is 2. The van der Waals surface area contributed by atoms with Gasteiger partial charge in [-0.2, -0.15) is 5.10 Å². The summed E-state index contributed by atoms with van der Waals surface area (Å²) in [6.45, 7) is 0. The summed E-state index contributed by atoms with van der Waals surface area (Å²) in [5.74, 6) is 1.39. The maximum atomic E-state index is 5.34. The van der Waals surface area contributed by atoms with Gasteiger partial charge in [-0.25, -0.2) is 4.98 Å². The molecule has 0 bridgehead atoms. The number of benzene rings is 1. The fourth-order valence-electron chi connectivity index (χ4n) is 1.60. The van der Waals surface area contributed by atoms with E-state index in [1.165, 1.54) is 11.8 Å². The summed E-state index contributed by atoms with van der Waals surface area (Å²) < 4.78 is 10.7. The Balaban J connectivity index is 2.60. The van der Waals surface area contributed by atoms with Crippen molar-refractivity contribution in [3.05, 3.63) is 24.4 Å². The molecule has 0 fully saturated rings. The second-order valence-corrected chi connectivity index (χ2v) is 4.14. The van der Waals surface area contributed by atoms with E-state index in [-0.39, 0.29) is 0 Å². The Morgan fingerprint density at radius 3 is 2.33 bits per heavy atom. The Hall–Kier alpha value is -1.82. The molecule has 0 amide bonds. The SMILES string of the molecule is COc1cccc(OC)c1-c1cnnc(SC)n1. The molecule has 6 heteroatoms. The quantitative estimate of drug-likeness (QED) is 0.789. The van der Waals surface area contributed by atoms with E-state index in [1.807, 2.05) is 24.5 Å². The normalized spacial score (nSPS) is 10.2. The summed E-state index contributed by atoms with van der Waals surface area (Å²) in [5.41, 5.74) is 1.47. The predicted molar refractivity (Wildman–Crippen MR) is 70.1 cm³/mol. The zero-order valence-corrected chi connectivity index (χ0v) is 11.2. The summed E-state index contributed by atoms with van der Waals surface area (Å²) >= 11 is 1.44. The highest BCUT2D eigenvalue weighted by Gasteiger charge is 2.14. The van der Waals surface area contributed by atoms with Gasteiger partial charge >= 0.3 is 0 Å². The third kappa shape index (κ3) is 2.38. The monoisotopic (exact) mass is 263 g/mol. The zero-order chi connectivity index (χ0) is 13.0. The molecule has 0 aliphatic rings. The second-order valence-electron chi connectivity index (χ2n) is 3.37. The first-order valence-electron chi connectivity index (χ1n) is 5.25. The van der Waals surface area contributed by atoms with Crippen molar-refractivity contribution in [1.29, 1.82) is 0 Å². The number of thioether (sulfide) groups is 1. The van der Waals surface area contributed by atoms with E-state index in [4.69, 9.17) is 9.47 Å². The summed E-state index contributed by atoms with van der Waals surface area (Å²) in [6.07, 6.45) is 3.50. The minimum atomic E-state index is 0.612. The van der Waals surface area contributed by atoms with E-state index in [9.17, 15) is 0 Å². The topological polar surface area (TPSA) is 57.1 Å². The minimum absolute atomic E-state index is 0.612. The van der Waals surface area contributed by atoms with Gasteiger partial charge in [0.15, 0.2) is 0 Å². The molecule has 2 rings (SSSR count). The molecule has 1 aromatic carbocycles. The Bertz CT molecular complexity index is 526. The Labute approximate surface area is 110 Å². The van der Waals surface area contributed by atoms with E-state index in [2.05, 4.69) is 15.2 Å². The molecule has 5 nitrogen and oxygen atoms in total. The molecule has 0 saturated carbocycles. The molecule has 0 saturated heterocycles. The molecule has 1 heterocycles. The van der Waals surface area contributed by atoms with Crippen LogP contribution in [0.3, 0.4) is 0 Å². The van der Waals surface area contributed by atoms with E-state index in [0.717, 1.165) is 5.56 Å². The number of rotatable bonds is 4. The smallest absolute Gasteiger partial charge is 0.209 e.